The molecule has 0 aliphatic carbocycles. The van der Waals surface area contributed by atoms with Gasteiger partial charge in [-0.1, -0.05) is 148 Å². The highest BCUT2D eigenvalue weighted by Crippen LogP contribution is 2.13. The number of allylic oxidation sites excluding steroid dienone is 3. The normalized spacial score (nSPS) is 11.7. The average Bonchev–Trinajstić information content (AvgIpc) is 2.88. The van der Waals surface area contributed by atoms with Crippen LogP contribution in [0.2, 0.25) is 0 Å². The Hall–Kier alpha value is -1.05. The van der Waals surface area contributed by atoms with E-state index in [0.717, 1.165) is 19.3 Å². The third-order valence-electron chi connectivity index (χ3n) is 7.16. The van der Waals surface area contributed by atoms with Crippen LogP contribution in [0.15, 0.2) is 24.5 Å². The average molecular weight is 505 g/mol. The molecule has 0 aliphatic heterocycles. The fourth-order valence-corrected chi connectivity index (χ4v) is 4.69. The molecule has 0 radical (unpaired) electrons. The van der Waals surface area contributed by atoms with E-state index in [0.29, 0.717) is 6.42 Å². The summed E-state index contributed by atoms with van der Waals surface area (Å²) in [6, 6.07) is 0. The molecule has 0 N–H and O–H groups in total. The Balaban J connectivity index is 3.26. The van der Waals surface area contributed by atoms with Gasteiger partial charge in [-0.2, -0.15) is 0 Å². The Morgan fingerprint density at radius 3 is 1.19 bits per heavy atom. The lowest BCUT2D eigenvalue weighted by Crippen LogP contribution is -1.98. The van der Waals surface area contributed by atoms with Crippen LogP contribution in [0.1, 0.15) is 187 Å². The maximum atomic E-state index is 11.8. The van der Waals surface area contributed by atoms with E-state index in [1.807, 2.05) is 6.08 Å². The van der Waals surface area contributed by atoms with Crippen molar-refractivity contribution in [2.75, 3.05) is 0 Å². The van der Waals surface area contributed by atoms with E-state index in [1.54, 1.807) is 6.26 Å². The van der Waals surface area contributed by atoms with E-state index < -0.39 is 0 Å². The molecule has 0 saturated carbocycles. The molecule has 2 nitrogen and oxygen atoms in total. The summed E-state index contributed by atoms with van der Waals surface area (Å²) in [7, 11) is 0. The molecule has 0 spiro atoms. The summed E-state index contributed by atoms with van der Waals surface area (Å²) in [5.74, 6) is -0.0708. The molecule has 36 heavy (non-hydrogen) atoms. The van der Waals surface area contributed by atoms with Gasteiger partial charge >= 0.3 is 5.97 Å². The van der Waals surface area contributed by atoms with Gasteiger partial charge in [-0.25, -0.2) is 0 Å². The molecule has 0 saturated heterocycles. The molecular formula is C34H64O2. The van der Waals surface area contributed by atoms with E-state index in [9.17, 15) is 4.79 Å². The van der Waals surface area contributed by atoms with E-state index in [4.69, 9.17) is 4.74 Å². The predicted octanol–water partition coefficient (Wildman–Crippen LogP) is 12.2. The Labute approximate surface area is 227 Å². The molecular weight excluding hydrogens is 440 g/mol. The molecule has 0 rings (SSSR count). The topological polar surface area (TPSA) is 26.3 Å². The molecule has 0 aromatic carbocycles. The second-order valence-electron chi connectivity index (χ2n) is 10.9. The lowest BCUT2D eigenvalue weighted by atomic mass is 10.0. The first-order chi connectivity index (χ1) is 17.8. The summed E-state index contributed by atoms with van der Waals surface area (Å²) in [5.41, 5.74) is 0. The van der Waals surface area contributed by atoms with Crippen LogP contribution in [0.3, 0.4) is 0 Å². The van der Waals surface area contributed by atoms with Crippen molar-refractivity contribution in [2.45, 2.75) is 187 Å². The lowest BCUT2D eigenvalue weighted by Gasteiger charge is -2.02. The standard InChI is InChI=1S/C34H64O2/c1-3-5-7-9-11-13-15-17-19-20-22-24-26-28-30-32-34(35)36-33-31-29-27-25-23-21-18-16-14-12-10-8-6-4-2/h17,19,31,33H,3-16,18,20-30,32H2,1-2H3. The van der Waals surface area contributed by atoms with Crippen LogP contribution in [-0.4, -0.2) is 5.97 Å². The number of ether oxygens (including phenoxy) is 1. The first kappa shape index (κ1) is 35.0. The van der Waals surface area contributed by atoms with Crippen molar-refractivity contribution in [1.82, 2.24) is 0 Å². The lowest BCUT2D eigenvalue weighted by molar-refractivity contribution is -0.138. The Morgan fingerprint density at radius 2 is 0.778 bits per heavy atom. The SMILES string of the molecule is CCCCCCCCC=CCCCCCCCC(=O)OC=CCCCCCCCCCCCCCC. The van der Waals surface area contributed by atoms with Crippen molar-refractivity contribution in [1.29, 1.82) is 0 Å². The highest BCUT2D eigenvalue weighted by Gasteiger charge is 2.00. The van der Waals surface area contributed by atoms with Crippen LogP contribution in [0, 0.1) is 0 Å². The van der Waals surface area contributed by atoms with E-state index >= 15 is 0 Å². The van der Waals surface area contributed by atoms with Crippen molar-refractivity contribution in [3.63, 3.8) is 0 Å². The van der Waals surface area contributed by atoms with Gasteiger partial charge in [0.15, 0.2) is 0 Å². The molecule has 0 bridgehead atoms. The van der Waals surface area contributed by atoms with Crippen LogP contribution >= 0.6 is 0 Å². The van der Waals surface area contributed by atoms with Crippen molar-refractivity contribution >= 4 is 5.97 Å². The van der Waals surface area contributed by atoms with Crippen LogP contribution in [0.5, 0.6) is 0 Å². The summed E-state index contributed by atoms with van der Waals surface area (Å²) < 4.78 is 5.24. The van der Waals surface area contributed by atoms with Gasteiger partial charge < -0.3 is 4.74 Å². The van der Waals surface area contributed by atoms with E-state index in [-0.39, 0.29) is 5.97 Å². The van der Waals surface area contributed by atoms with Crippen LogP contribution in [0.25, 0.3) is 0 Å². The number of hydrogen-bond acceptors (Lipinski definition) is 2. The fourth-order valence-electron chi connectivity index (χ4n) is 4.69. The minimum absolute atomic E-state index is 0.0708. The zero-order valence-electron chi connectivity index (χ0n) is 24.7. The number of carbonyl (C=O) groups excluding carboxylic acids is 1. The minimum atomic E-state index is -0.0708. The smallest absolute Gasteiger partial charge is 0.310 e. The molecule has 0 heterocycles. The monoisotopic (exact) mass is 504 g/mol. The summed E-state index contributed by atoms with van der Waals surface area (Å²) in [5, 5.41) is 0. The van der Waals surface area contributed by atoms with Gasteiger partial charge in [0.2, 0.25) is 0 Å². The highest BCUT2D eigenvalue weighted by atomic mass is 16.5. The number of esters is 1. The molecule has 212 valence electrons. The number of unbranched alkanes of at least 4 members (excludes halogenated alkanes) is 23. The molecule has 0 atom stereocenters. The molecule has 0 fully saturated rings. The van der Waals surface area contributed by atoms with Gasteiger partial charge in [0.25, 0.3) is 0 Å². The maximum Gasteiger partial charge on any atom is 0.310 e. The molecule has 0 amide bonds. The van der Waals surface area contributed by atoms with Crippen molar-refractivity contribution in [3.8, 4) is 0 Å². The number of carbonyl (C=O) groups is 1. The van der Waals surface area contributed by atoms with Gasteiger partial charge in [0.1, 0.15) is 0 Å². The Morgan fingerprint density at radius 1 is 0.444 bits per heavy atom. The Kier molecular flexibility index (Phi) is 31.0. The predicted molar refractivity (Wildman–Crippen MR) is 160 cm³/mol. The minimum Gasteiger partial charge on any atom is -0.435 e. The molecule has 2 heteroatoms. The summed E-state index contributed by atoms with van der Waals surface area (Å²) >= 11 is 0. The summed E-state index contributed by atoms with van der Waals surface area (Å²) in [6.45, 7) is 4.56. The van der Waals surface area contributed by atoms with Crippen LogP contribution in [-0.2, 0) is 9.53 Å². The van der Waals surface area contributed by atoms with Gasteiger partial charge in [-0.3, -0.25) is 4.79 Å². The first-order valence-electron chi connectivity index (χ1n) is 16.3. The Bertz CT molecular complexity index is 480. The zero-order valence-corrected chi connectivity index (χ0v) is 24.7. The fraction of sp³-hybridized carbons (Fsp3) is 0.853. The van der Waals surface area contributed by atoms with Gasteiger partial charge in [0.05, 0.1) is 6.26 Å². The number of hydrogen-bond donors (Lipinski definition) is 0. The molecule has 0 aromatic rings. The second-order valence-corrected chi connectivity index (χ2v) is 10.9. The first-order valence-corrected chi connectivity index (χ1v) is 16.3. The van der Waals surface area contributed by atoms with Crippen LogP contribution in [0.4, 0.5) is 0 Å². The van der Waals surface area contributed by atoms with Gasteiger partial charge in [0, 0.05) is 6.42 Å². The largest absolute Gasteiger partial charge is 0.435 e. The van der Waals surface area contributed by atoms with Crippen molar-refractivity contribution in [2.24, 2.45) is 0 Å². The van der Waals surface area contributed by atoms with Gasteiger partial charge in [-0.15, -0.1) is 0 Å². The van der Waals surface area contributed by atoms with E-state index in [1.165, 1.54) is 148 Å². The zero-order chi connectivity index (χ0) is 26.2. The quantitative estimate of drug-likeness (QED) is 0.0438. The number of rotatable bonds is 29. The highest BCUT2D eigenvalue weighted by molar-refractivity contribution is 5.69. The molecule has 0 aliphatic rings. The van der Waals surface area contributed by atoms with Crippen molar-refractivity contribution in [3.05, 3.63) is 24.5 Å². The third kappa shape index (κ3) is 31.0. The molecule has 0 unspecified atom stereocenters. The van der Waals surface area contributed by atoms with Crippen LogP contribution < -0.4 is 0 Å². The molecule has 0 aromatic heterocycles. The third-order valence-corrected chi connectivity index (χ3v) is 7.16. The summed E-state index contributed by atoms with van der Waals surface area (Å²) in [4.78, 5) is 11.8. The van der Waals surface area contributed by atoms with Gasteiger partial charge in [-0.05, 0) is 51.0 Å². The summed E-state index contributed by atoms with van der Waals surface area (Å²) in [6.07, 6.45) is 43.1. The van der Waals surface area contributed by atoms with Crippen molar-refractivity contribution < 1.29 is 9.53 Å². The maximum absolute atomic E-state index is 11.8. The second kappa shape index (κ2) is 32.0. The van der Waals surface area contributed by atoms with E-state index in [2.05, 4.69) is 26.0 Å².